The molecule has 2 rings (SSSR count). The number of amides is 2. The minimum atomic E-state index is -0.541. The van der Waals surface area contributed by atoms with E-state index < -0.39 is 5.91 Å². The molecule has 1 atom stereocenters. The van der Waals surface area contributed by atoms with Crippen LogP contribution in [0, 0.1) is 0 Å². The molecule has 0 aliphatic carbocycles. The van der Waals surface area contributed by atoms with Gasteiger partial charge in [0.05, 0.1) is 11.7 Å². The van der Waals surface area contributed by atoms with Gasteiger partial charge in [0.2, 0.25) is 0 Å². The second kappa shape index (κ2) is 10.5. The first-order chi connectivity index (χ1) is 14.0. The van der Waals surface area contributed by atoms with Gasteiger partial charge in [0.25, 0.3) is 11.8 Å². The molecule has 1 aromatic carbocycles. The molecule has 9 heteroatoms. The quantitative estimate of drug-likeness (QED) is 0.498. The Balaban J connectivity index is 2.06. The van der Waals surface area contributed by atoms with E-state index in [1.165, 1.54) is 24.8 Å². The van der Waals surface area contributed by atoms with Crippen LogP contribution in [0.5, 0.6) is 0 Å². The van der Waals surface area contributed by atoms with Gasteiger partial charge in [-0.05, 0) is 31.0 Å². The van der Waals surface area contributed by atoms with Gasteiger partial charge < -0.3 is 22.1 Å². The summed E-state index contributed by atoms with van der Waals surface area (Å²) in [6, 6.07) is 6.96. The maximum Gasteiger partial charge on any atom is 0.278 e. The third-order valence-electron chi connectivity index (χ3n) is 3.98. The Hall–Kier alpha value is -3.75. The predicted molar refractivity (Wildman–Crippen MR) is 112 cm³/mol. The third kappa shape index (κ3) is 6.13. The molecule has 0 spiro atoms. The highest BCUT2D eigenvalue weighted by Crippen LogP contribution is 2.18. The lowest BCUT2D eigenvalue weighted by atomic mass is 10.1. The molecule has 1 unspecified atom stereocenters. The van der Waals surface area contributed by atoms with Crippen LogP contribution in [-0.2, 0) is 0 Å². The van der Waals surface area contributed by atoms with Crippen molar-refractivity contribution in [3.63, 3.8) is 0 Å². The number of hydrogen-bond donors (Lipinski definition) is 4. The van der Waals surface area contributed by atoms with Gasteiger partial charge in [-0.15, -0.1) is 0 Å². The lowest BCUT2D eigenvalue weighted by Gasteiger charge is -2.10. The molecule has 6 N–H and O–H groups in total. The molecule has 0 saturated carbocycles. The standard InChI is InChI=1S/C20H25N7O2/c1-3-7-25-19(28)15-6-4-5-14(10-15)13(2)26-12-16(11-21)27-20(29)17-18(22)24-9-8-23-17/h4-6,8-13H,3,7,21H2,1-2H3,(H2,22,24)(H,25,28)(H,27,29). The second-order valence-corrected chi connectivity index (χ2v) is 6.20. The maximum absolute atomic E-state index is 12.3. The number of anilines is 1. The summed E-state index contributed by atoms with van der Waals surface area (Å²) in [4.78, 5) is 36.5. The monoisotopic (exact) mass is 395 g/mol. The van der Waals surface area contributed by atoms with Gasteiger partial charge in [0.15, 0.2) is 11.5 Å². The average molecular weight is 395 g/mol. The van der Waals surface area contributed by atoms with E-state index in [4.69, 9.17) is 11.5 Å². The number of nitrogens with two attached hydrogens (primary N) is 2. The molecule has 0 saturated heterocycles. The molecule has 0 radical (unpaired) electrons. The van der Waals surface area contributed by atoms with E-state index in [1.807, 2.05) is 19.9 Å². The number of aromatic nitrogens is 2. The average Bonchev–Trinajstić information content (AvgIpc) is 2.74. The second-order valence-electron chi connectivity index (χ2n) is 6.20. The van der Waals surface area contributed by atoms with Crippen LogP contribution in [0.25, 0.3) is 0 Å². The molecule has 0 bridgehead atoms. The Morgan fingerprint density at radius 1 is 1.24 bits per heavy atom. The van der Waals surface area contributed by atoms with Gasteiger partial charge in [-0.2, -0.15) is 0 Å². The zero-order chi connectivity index (χ0) is 21.2. The molecule has 0 fully saturated rings. The number of nitrogens with zero attached hydrogens (tertiary/aromatic N) is 3. The zero-order valence-corrected chi connectivity index (χ0v) is 16.4. The van der Waals surface area contributed by atoms with Crippen LogP contribution < -0.4 is 22.1 Å². The van der Waals surface area contributed by atoms with Crippen molar-refractivity contribution in [1.29, 1.82) is 0 Å². The topological polar surface area (TPSA) is 148 Å². The SMILES string of the molecule is CCCNC(=O)c1cccc(C(C)N=CC(=CN)NC(=O)c2nccnc2N)c1. The van der Waals surface area contributed by atoms with Crippen molar-refractivity contribution in [2.75, 3.05) is 12.3 Å². The van der Waals surface area contributed by atoms with Crippen LogP contribution in [-0.4, -0.2) is 34.5 Å². The molecule has 152 valence electrons. The number of carbonyl (C=O) groups is 2. The van der Waals surface area contributed by atoms with Crippen LogP contribution >= 0.6 is 0 Å². The number of allylic oxidation sites excluding steroid dienone is 1. The van der Waals surface area contributed by atoms with E-state index >= 15 is 0 Å². The van der Waals surface area contributed by atoms with Gasteiger partial charge in [-0.25, -0.2) is 9.97 Å². The molecule has 1 heterocycles. The van der Waals surface area contributed by atoms with E-state index in [1.54, 1.807) is 18.2 Å². The van der Waals surface area contributed by atoms with Crippen LogP contribution in [0.1, 0.15) is 52.7 Å². The number of aliphatic imine (C=N–C) groups is 1. The summed E-state index contributed by atoms with van der Waals surface area (Å²) in [6.45, 7) is 4.49. The van der Waals surface area contributed by atoms with Crippen LogP contribution in [0.15, 0.2) is 53.5 Å². The molecule has 29 heavy (non-hydrogen) atoms. The summed E-state index contributed by atoms with van der Waals surface area (Å²) >= 11 is 0. The molecule has 0 aliphatic heterocycles. The zero-order valence-electron chi connectivity index (χ0n) is 16.4. The Morgan fingerprint density at radius 3 is 2.69 bits per heavy atom. The number of rotatable bonds is 8. The van der Waals surface area contributed by atoms with E-state index in [-0.39, 0.29) is 29.2 Å². The number of hydrogen-bond acceptors (Lipinski definition) is 7. The van der Waals surface area contributed by atoms with Gasteiger partial charge in [-0.1, -0.05) is 19.1 Å². The Morgan fingerprint density at radius 2 is 2.00 bits per heavy atom. The fourth-order valence-corrected chi connectivity index (χ4v) is 2.39. The molecular formula is C20H25N7O2. The Labute approximate surface area is 169 Å². The van der Waals surface area contributed by atoms with Crippen molar-refractivity contribution in [3.05, 3.63) is 65.4 Å². The van der Waals surface area contributed by atoms with Crippen molar-refractivity contribution in [2.45, 2.75) is 26.3 Å². The molecular weight excluding hydrogens is 370 g/mol. The van der Waals surface area contributed by atoms with E-state index in [9.17, 15) is 9.59 Å². The van der Waals surface area contributed by atoms with Gasteiger partial charge in [0, 0.05) is 36.9 Å². The number of carbonyl (C=O) groups excluding carboxylic acids is 2. The predicted octanol–water partition coefficient (Wildman–Crippen LogP) is 1.56. The summed E-state index contributed by atoms with van der Waals surface area (Å²) in [5.41, 5.74) is 12.9. The fraction of sp³-hybridized carbons (Fsp3) is 0.250. The van der Waals surface area contributed by atoms with Crippen LogP contribution in [0.2, 0.25) is 0 Å². The highest BCUT2D eigenvalue weighted by Gasteiger charge is 2.13. The first kappa shape index (κ1) is 21.5. The van der Waals surface area contributed by atoms with Crippen LogP contribution in [0.3, 0.4) is 0 Å². The van der Waals surface area contributed by atoms with Crippen molar-refractivity contribution in [3.8, 4) is 0 Å². The van der Waals surface area contributed by atoms with E-state index in [0.717, 1.165) is 12.0 Å². The minimum absolute atomic E-state index is 0.000841. The van der Waals surface area contributed by atoms with Crippen molar-refractivity contribution in [2.24, 2.45) is 10.7 Å². The fourth-order valence-electron chi connectivity index (χ4n) is 2.39. The minimum Gasteiger partial charge on any atom is -0.403 e. The van der Waals surface area contributed by atoms with Gasteiger partial charge >= 0.3 is 0 Å². The smallest absolute Gasteiger partial charge is 0.278 e. The highest BCUT2D eigenvalue weighted by atomic mass is 16.2. The number of nitrogens with one attached hydrogen (secondary N) is 2. The molecule has 0 aliphatic rings. The van der Waals surface area contributed by atoms with Gasteiger partial charge in [0.1, 0.15) is 0 Å². The van der Waals surface area contributed by atoms with E-state index in [0.29, 0.717) is 12.1 Å². The molecule has 9 nitrogen and oxygen atoms in total. The normalized spacial score (nSPS) is 12.6. The summed E-state index contributed by atoms with van der Waals surface area (Å²) in [7, 11) is 0. The van der Waals surface area contributed by atoms with E-state index in [2.05, 4.69) is 25.6 Å². The third-order valence-corrected chi connectivity index (χ3v) is 3.98. The molecule has 2 amide bonds. The lowest BCUT2D eigenvalue weighted by Crippen LogP contribution is -2.26. The van der Waals surface area contributed by atoms with Crippen molar-refractivity contribution in [1.82, 2.24) is 20.6 Å². The van der Waals surface area contributed by atoms with Crippen molar-refractivity contribution >= 4 is 23.8 Å². The van der Waals surface area contributed by atoms with Crippen LogP contribution in [0.4, 0.5) is 5.82 Å². The molecule has 2 aromatic rings. The summed E-state index contributed by atoms with van der Waals surface area (Å²) in [5, 5.41) is 5.43. The highest BCUT2D eigenvalue weighted by molar-refractivity contribution is 6.00. The summed E-state index contributed by atoms with van der Waals surface area (Å²) in [6.07, 6.45) is 6.29. The van der Waals surface area contributed by atoms with Gasteiger partial charge in [-0.3, -0.25) is 14.6 Å². The number of benzene rings is 1. The Bertz CT molecular complexity index is 925. The molecule has 1 aromatic heterocycles. The maximum atomic E-state index is 12.3. The Kier molecular flexibility index (Phi) is 7.84. The number of nitrogen functional groups attached to an aromatic ring is 1. The lowest BCUT2D eigenvalue weighted by molar-refractivity contribution is 0.0949. The summed E-state index contributed by atoms with van der Waals surface area (Å²) in [5.74, 6) is -0.646. The first-order valence-corrected chi connectivity index (χ1v) is 9.17. The summed E-state index contributed by atoms with van der Waals surface area (Å²) < 4.78 is 0. The van der Waals surface area contributed by atoms with Crippen molar-refractivity contribution < 1.29 is 9.59 Å². The first-order valence-electron chi connectivity index (χ1n) is 9.17. The largest absolute Gasteiger partial charge is 0.403 e.